The van der Waals surface area contributed by atoms with Gasteiger partial charge in [-0.2, -0.15) is 0 Å². The number of anilines is 1. The first-order chi connectivity index (χ1) is 8.11. The Kier molecular flexibility index (Phi) is 2.15. The summed E-state index contributed by atoms with van der Waals surface area (Å²) in [6.07, 6.45) is 2.47. The van der Waals surface area contributed by atoms with Crippen molar-refractivity contribution in [2.75, 3.05) is 5.73 Å². The van der Waals surface area contributed by atoms with Crippen molar-refractivity contribution in [1.29, 1.82) is 0 Å². The molecule has 0 spiro atoms. The molecule has 17 heavy (non-hydrogen) atoms. The SMILES string of the molecule is CC(C)[C@H]1C2=C(CCCC2=O)c2onc(N)c21. The van der Waals surface area contributed by atoms with Gasteiger partial charge in [0.25, 0.3) is 0 Å². The van der Waals surface area contributed by atoms with Crippen molar-refractivity contribution in [1.82, 2.24) is 5.16 Å². The van der Waals surface area contributed by atoms with Gasteiger partial charge < -0.3 is 10.3 Å². The zero-order valence-electron chi connectivity index (χ0n) is 10.1. The van der Waals surface area contributed by atoms with Crippen LogP contribution in [0.3, 0.4) is 0 Å². The van der Waals surface area contributed by atoms with Crippen LogP contribution in [0.1, 0.15) is 50.4 Å². The summed E-state index contributed by atoms with van der Waals surface area (Å²) in [7, 11) is 0. The predicted octanol–water partition coefficient (Wildman–Crippen LogP) is 2.52. The Balaban J connectivity index is 2.22. The van der Waals surface area contributed by atoms with Crippen molar-refractivity contribution in [2.45, 2.75) is 39.0 Å². The molecule has 0 aliphatic heterocycles. The Bertz CT molecular complexity index is 526. The molecular formula is C13H16N2O2. The van der Waals surface area contributed by atoms with Crippen LogP contribution >= 0.6 is 0 Å². The van der Waals surface area contributed by atoms with E-state index in [1.165, 1.54) is 0 Å². The van der Waals surface area contributed by atoms with Crippen LogP contribution in [0.2, 0.25) is 0 Å². The number of carbonyl (C=O) groups is 1. The number of nitrogen functional groups attached to an aromatic ring is 1. The first-order valence-electron chi connectivity index (χ1n) is 6.13. The van der Waals surface area contributed by atoms with Crippen molar-refractivity contribution in [3.8, 4) is 0 Å². The minimum atomic E-state index is 0.0825. The van der Waals surface area contributed by atoms with Crippen molar-refractivity contribution in [3.63, 3.8) is 0 Å². The van der Waals surface area contributed by atoms with E-state index in [9.17, 15) is 4.79 Å². The van der Waals surface area contributed by atoms with Gasteiger partial charge in [0.2, 0.25) is 0 Å². The maximum atomic E-state index is 12.1. The number of fused-ring (bicyclic) bond motifs is 2. The normalized spacial score (nSPS) is 23.2. The summed E-state index contributed by atoms with van der Waals surface area (Å²) in [6, 6.07) is 0. The largest absolute Gasteiger partial charge is 0.381 e. The highest BCUT2D eigenvalue weighted by molar-refractivity contribution is 6.08. The fourth-order valence-corrected chi connectivity index (χ4v) is 3.10. The molecule has 0 saturated carbocycles. The van der Waals surface area contributed by atoms with E-state index in [4.69, 9.17) is 10.3 Å². The number of aromatic nitrogens is 1. The molecular weight excluding hydrogens is 216 g/mol. The third-order valence-electron chi connectivity index (χ3n) is 3.77. The lowest BCUT2D eigenvalue weighted by molar-refractivity contribution is -0.116. The van der Waals surface area contributed by atoms with Crippen LogP contribution in [0.25, 0.3) is 5.57 Å². The van der Waals surface area contributed by atoms with E-state index in [0.29, 0.717) is 18.2 Å². The summed E-state index contributed by atoms with van der Waals surface area (Å²) in [6.45, 7) is 4.22. The van der Waals surface area contributed by atoms with Gasteiger partial charge in [-0.1, -0.05) is 19.0 Å². The van der Waals surface area contributed by atoms with Gasteiger partial charge in [-0.15, -0.1) is 0 Å². The summed E-state index contributed by atoms with van der Waals surface area (Å²) < 4.78 is 5.32. The van der Waals surface area contributed by atoms with Gasteiger partial charge in [0.1, 0.15) is 0 Å². The highest BCUT2D eigenvalue weighted by Crippen LogP contribution is 2.51. The standard InChI is InChI=1S/C13H16N2O2/c1-6(2)9-10-7(4-3-5-8(10)16)12-11(9)13(14)15-17-12/h6,9H,3-5H2,1-2H3,(H2,14,15)/t9-/m0/s1. The number of nitrogens with zero attached hydrogens (tertiary/aromatic N) is 1. The fraction of sp³-hybridized carbons (Fsp3) is 0.538. The molecule has 2 N–H and O–H groups in total. The zero-order valence-corrected chi connectivity index (χ0v) is 10.1. The Morgan fingerprint density at radius 3 is 2.88 bits per heavy atom. The highest BCUT2D eigenvalue weighted by atomic mass is 16.5. The van der Waals surface area contributed by atoms with E-state index in [1.54, 1.807) is 0 Å². The molecule has 2 aliphatic carbocycles. The van der Waals surface area contributed by atoms with Crippen LogP contribution in [0.5, 0.6) is 0 Å². The molecule has 1 aromatic heterocycles. The average molecular weight is 232 g/mol. The molecule has 3 rings (SSSR count). The molecule has 0 fully saturated rings. The Morgan fingerprint density at radius 2 is 2.18 bits per heavy atom. The fourth-order valence-electron chi connectivity index (χ4n) is 3.10. The smallest absolute Gasteiger partial charge is 0.171 e. The second-order valence-electron chi connectivity index (χ2n) is 5.20. The molecule has 2 aliphatic rings. The third kappa shape index (κ3) is 1.30. The quantitative estimate of drug-likeness (QED) is 0.807. The molecule has 0 bridgehead atoms. The molecule has 4 nitrogen and oxygen atoms in total. The van der Waals surface area contributed by atoms with Gasteiger partial charge in [-0.25, -0.2) is 0 Å². The van der Waals surface area contributed by atoms with E-state index in [1.807, 2.05) is 0 Å². The molecule has 0 saturated heterocycles. The molecule has 1 heterocycles. The van der Waals surface area contributed by atoms with Gasteiger partial charge in [-0.05, 0) is 18.8 Å². The van der Waals surface area contributed by atoms with E-state index < -0.39 is 0 Å². The summed E-state index contributed by atoms with van der Waals surface area (Å²) >= 11 is 0. The molecule has 1 atom stereocenters. The summed E-state index contributed by atoms with van der Waals surface area (Å²) in [4.78, 5) is 12.1. The number of allylic oxidation sites excluding steroid dienone is 2. The molecule has 4 heteroatoms. The van der Waals surface area contributed by atoms with Crippen LogP contribution in [0.15, 0.2) is 10.1 Å². The number of hydrogen-bond donors (Lipinski definition) is 1. The molecule has 0 amide bonds. The van der Waals surface area contributed by atoms with Crippen LogP contribution in [-0.2, 0) is 4.79 Å². The average Bonchev–Trinajstić information content (AvgIpc) is 2.79. The van der Waals surface area contributed by atoms with Gasteiger partial charge in [-0.3, -0.25) is 4.79 Å². The molecule has 90 valence electrons. The number of ketones is 1. The highest BCUT2D eigenvalue weighted by Gasteiger charge is 2.42. The maximum Gasteiger partial charge on any atom is 0.171 e. The predicted molar refractivity (Wildman–Crippen MR) is 64.3 cm³/mol. The molecule has 1 aromatic rings. The van der Waals surface area contributed by atoms with E-state index >= 15 is 0 Å². The number of Topliss-reactive ketones (excluding diaryl/α,β-unsaturated/α-hetero) is 1. The monoisotopic (exact) mass is 232 g/mol. The summed E-state index contributed by atoms with van der Waals surface area (Å²) in [5, 5.41) is 3.84. The van der Waals surface area contributed by atoms with Crippen LogP contribution < -0.4 is 5.73 Å². The number of carbonyl (C=O) groups excluding carboxylic acids is 1. The van der Waals surface area contributed by atoms with Gasteiger partial charge in [0, 0.05) is 23.5 Å². The molecule has 0 radical (unpaired) electrons. The number of rotatable bonds is 1. The number of nitrogens with two attached hydrogens (primary N) is 1. The van der Waals surface area contributed by atoms with Crippen molar-refractivity contribution >= 4 is 17.2 Å². The minimum absolute atomic E-state index is 0.0825. The number of hydrogen-bond acceptors (Lipinski definition) is 4. The first kappa shape index (κ1) is 10.6. The maximum absolute atomic E-state index is 12.1. The van der Waals surface area contributed by atoms with Crippen molar-refractivity contribution < 1.29 is 9.32 Å². The van der Waals surface area contributed by atoms with Crippen LogP contribution in [0, 0.1) is 5.92 Å². The van der Waals surface area contributed by atoms with Crippen LogP contribution in [-0.4, -0.2) is 10.9 Å². The minimum Gasteiger partial charge on any atom is -0.381 e. The lowest BCUT2D eigenvalue weighted by Gasteiger charge is -2.21. The van der Waals surface area contributed by atoms with Crippen molar-refractivity contribution in [3.05, 3.63) is 16.9 Å². The van der Waals surface area contributed by atoms with Crippen LogP contribution in [0.4, 0.5) is 5.82 Å². The lowest BCUT2D eigenvalue weighted by Crippen LogP contribution is -2.17. The van der Waals surface area contributed by atoms with Gasteiger partial charge in [0.15, 0.2) is 17.4 Å². The third-order valence-corrected chi connectivity index (χ3v) is 3.77. The van der Waals surface area contributed by atoms with E-state index in [-0.39, 0.29) is 11.7 Å². The Labute approximate surface area is 99.8 Å². The van der Waals surface area contributed by atoms with Gasteiger partial charge >= 0.3 is 0 Å². The summed E-state index contributed by atoms with van der Waals surface area (Å²) in [5.74, 6) is 1.89. The first-order valence-corrected chi connectivity index (χ1v) is 6.13. The van der Waals surface area contributed by atoms with E-state index in [0.717, 1.165) is 35.3 Å². The lowest BCUT2D eigenvalue weighted by atomic mass is 9.81. The molecule has 0 unspecified atom stereocenters. The second kappa shape index (κ2) is 3.45. The second-order valence-corrected chi connectivity index (χ2v) is 5.20. The Hall–Kier alpha value is -1.58. The van der Waals surface area contributed by atoms with Gasteiger partial charge in [0.05, 0.1) is 5.56 Å². The Morgan fingerprint density at radius 1 is 1.41 bits per heavy atom. The molecule has 0 aromatic carbocycles. The topological polar surface area (TPSA) is 69.1 Å². The summed E-state index contributed by atoms with van der Waals surface area (Å²) in [5.41, 5.74) is 8.82. The van der Waals surface area contributed by atoms with Crippen molar-refractivity contribution in [2.24, 2.45) is 5.92 Å². The van der Waals surface area contributed by atoms with E-state index in [2.05, 4.69) is 19.0 Å². The zero-order chi connectivity index (χ0) is 12.2.